The Morgan fingerprint density at radius 1 is 1.17 bits per heavy atom. The topological polar surface area (TPSA) is 79.4 Å². The molecule has 6 nitrogen and oxygen atoms in total. The van der Waals surface area contributed by atoms with Crippen molar-refractivity contribution < 1.29 is 14.4 Å². The molecule has 2 atom stereocenters. The number of amides is 3. The molecule has 2 unspecified atom stereocenters. The van der Waals surface area contributed by atoms with Crippen LogP contribution in [0.4, 0.5) is 5.13 Å². The zero-order valence-corrected chi connectivity index (χ0v) is 13.6. The average molecular weight is 333 g/mol. The van der Waals surface area contributed by atoms with E-state index in [1.165, 1.54) is 11.3 Å². The van der Waals surface area contributed by atoms with Gasteiger partial charge in [0.15, 0.2) is 5.13 Å². The highest BCUT2D eigenvalue weighted by atomic mass is 32.1. The highest BCUT2D eigenvalue weighted by Gasteiger charge is 2.48. The summed E-state index contributed by atoms with van der Waals surface area (Å²) in [5, 5.41) is 5.23. The first-order chi connectivity index (χ1) is 11.1. The van der Waals surface area contributed by atoms with Crippen LogP contribution in [-0.4, -0.2) is 34.2 Å². The molecule has 3 fully saturated rings. The predicted octanol–water partition coefficient (Wildman–Crippen LogP) is 2.13. The van der Waals surface area contributed by atoms with E-state index in [0.29, 0.717) is 11.0 Å². The second kappa shape index (κ2) is 5.70. The van der Waals surface area contributed by atoms with Crippen LogP contribution in [0, 0.1) is 11.8 Å². The minimum absolute atomic E-state index is 0.173. The zero-order chi connectivity index (χ0) is 16.0. The molecule has 1 aliphatic heterocycles. The van der Waals surface area contributed by atoms with Crippen molar-refractivity contribution in [3.63, 3.8) is 0 Å². The molecular weight excluding hydrogens is 314 g/mol. The van der Waals surface area contributed by atoms with Crippen LogP contribution >= 0.6 is 11.3 Å². The number of nitrogens with one attached hydrogen (secondary N) is 1. The first-order valence-electron chi connectivity index (χ1n) is 8.24. The summed E-state index contributed by atoms with van der Waals surface area (Å²) in [5.41, 5.74) is 1.03. The number of aromatic nitrogens is 1. The van der Waals surface area contributed by atoms with Crippen molar-refractivity contribution in [2.24, 2.45) is 11.8 Å². The molecule has 0 radical (unpaired) electrons. The lowest BCUT2D eigenvalue weighted by Gasteiger charge is -2.19. The van der Waals surface area contributed by atoms with Gasteiger partial charge in [-0.3, -0.25) is 19.3 Å². The molecule has 1 saturated heterocycles. The van der Waals surface area contributed by atoms with E-state index in [1.807, 2.05) is 5.38 Å². The molecule has 7 heteroatoms. The van der Waals surface area contributed by atoms with Crippen LogP contribution in [0.25, 0.3) is 0 Å². The number of hydrogen-bond acceptors (Lipinski definition) is 5. The first kappa shape index (κ1) is 14.8. The van der Waals surface area contributed by atoms with E-state index in [1.54, 1.807) is 0 Å². The van der Waals surface area contributed by atoms with E-state index in [-0.39, 0.29) is 36.1 Å². The molecule has 1 aromatic heterocycles. The summed E-state index contributed by atoms with van der Waals surface area (Å²) in [6, 6.07) is 0. The molecule has 0 spiro atoms. The first-order valence-corrected chi connectivity index (χ1v) is 9.12. The van der Waals surface area contributed by atoms with Crippen molar-refractivity contribution >= 4 is 34.2 Å². The molecule has 0 aromatic carbocycles. The lowest BCUT2D eigenvalue weighted by atomic mass is 9.81. The second-order valence-corrected chi connectivity index (χ2v) is 7.52. The minimum Gasteiger partial charge on any atom is -0.300 e. The number of imide groups is 1. The fraction of sp³-hybridized carbons (Fsp3) is 0.625. The van der Waals surface area contributed by atoms with Crippen molar-refractivity contribution in [2.45, 2.75) is 44.4 Å². The summed E-state index contributed by atoms with van der Waals surface area (Å²) in [6.45, 7) is -0.191. The van der Waals surface area contributed by atoms with Crippen LogP contribution in [0.2, 0.25) is 0 Å². The third kappa shape index (κ3) is 2.78. The Morgan fingerprint density at radius 3 is 2.43 bits per heavy atom. The van der Waals surface area contributed by atoms with Gasteiger partial charge in [-0.05, 0) is 25.7 Å². The number of anilines is 1. The zero-order valence-electron chi connectivity index (χ0n) is 12.8. The van der Waals surface area contributed by atoms with Gasteiger partial charge < -0.3 is 5.32 Å². The van der Waals surface area contributed by atoms with Gasteiger partial charge in [-0.15, -0.1) is 11.3 Å². The van der Waals surface area contributed by atoms with E-state index in [2.05, 4.69) is 10.3 Å². The number of carbonyl (C=O) groups is 3. The number of carbonyl (C=O) groups excluding carboxylic acids is 3. The van der Waals surface area contributed by atoms with Crippen molar-refractivity contribution in [2.75, 3.05) is 11.9 Å². The lowest BCUT2D eigenvalue weighted by molar-refractivity contribution is -0.142. The molecule has 23 heavy (non-hydrogen) atoms. The highest BCUT2D eigenvalue weighted by Crippen LogP contribution is 2.41. The SMILES string of the molecule is O=C(CN1C(=O)C2CCCCC2C1=O)Nc1nc(C2CC2)cs1. The monoisotopic (exact) mass is 333 g/mol. The van der Waals surface area contributed by atoms with Crippen molar-refractivity contribution in [3.05, 3.63) is 11.1 Å². The molecule has 1 N–H and O–H groups in total. The molecule has 4 rings (SSSR count). The smallest absolute Gasteiger partial charge is 0.246 e. The van der Waals surface area contributed by atoms with Gasteiger partial charge in [0.05, 0.1) is 17.5 Å². The Morgan fingerprint density at radius 2 is 1.83 bits per heavy atom. The summed E-state index contributed by atoms with van der Waals surface area (Å²) >= 11 is 1.39. The van der Waals surface area contributed by atoms with E-state index in [0.717, 1.165) is 49.1 Å². The van der Waals surface area contributed by atoms with Gasteiger partial charge in [-0.1, -0.05) is 12.8 Å². The van der Waals surface area contributed by atoms with Crippen LogP contribution in [0.3, 0.4) is 0 Å². The minimum atomic E-state index is -0.345. The number of thiazole rings is 1. The van der Waals surface area contributed by atoms with E-state index < -0.39 is 0 Å². The van der Waals surface area contributed by atoms with Crippen molar-refractivity contribution in [3.8, 4) is 0 Å². The van der Waals surface area contributed by atoms with E-state index in [9.17, 15) is 14.4 Å². The Hall–Kier alpha value is -1.76. The van der Waals surface area contributed by atoms with Gasteiger partial charge in [0.25, 0.3) is 0 Å². The van der Waals surface area contributed by atoms with Gasteiger partial charge in [-0.25, -0.2) is 4.98 Å². The molecule has 2 aliphatic carbocycles. The number of fused-ring (bicyclic) bond motifs is 1. The number of hydrogen-bond donors (Lipinski definition) is 1. The molecule has 2 heterocycles. The molecule has 122 valence electrons. The standard InChI is InChI=1S/C16H19N3O3S/c20-13(18-16-17-12(8-23-16)9-5-6-9)7-19-14(21)10-3-1-2-4-11(10)15(19)22/h8-11H,1-7H2,(H,17,18,20). The van der Waals surface area contributed by atoms with Crippen LogP contribution < -0.4 is 5.32 Å². The van der Waals surface area contributed by atoms with Crippen LogP contribution in [-0.2, 0) is 14.4 Å². The fourth-order valence-electron chi connectivity index (χ4n) is 3.60. The largest absolute Gasteiger partial charge is 0.300 e. The summed E-state index contributed by atoms with van der Waals surface area (Å²) < 4.78 is 0. The maximum atomic E-state index is 12.4. The Labute approximate surface area is 138 Å². The number of nitrogens with zero attached hydrogens (tertiary/aromatic N) is 2. The summed E-state index contributed by atoms with van der Waals surface area (Å²) in [6.07, 6.45) is 5.84. The summed E-state index contributed by atoms with van der Waals surface area (Å²) in [5.74, 6) is -0.556. The predicted molar refractivity (Wildman–Crippen MR) is 84.9 cm³/mol. The van der Waals surface area contributed by atoms with Crippen LogP contribution in [0.5, 0.6) is 0 Å². The van der Waals surface area contributed by atoms with Crippen molar-refractivity contribution in [1.82, 2.24) is 9.88 Å². The Kier molecular flexibility index (Phi) is 3.67. The summed E-state index contributed by atoms with van der Waals surface area (Å²) in [7, 11) is 0. The summed E-state index contributed by atoms with van der Waals surface area (Å²) in [4.78, 5) is 42.4. The molecular formula is C16H19N3O3S. The van der Waals surface area contributed by atoms with Crippen molar-refractivity contribution in [1.29, 1.82) is 0 Å². The maximum Gasteiger partial charge on any atom is 0.246 e. The normalized spacial score (nSPS) is 27.2. The lowest BCUT2D eigenvalue weighted by Crippen LogP contribution is -2.38. The van der Waals surface area contributed by atoms with Crippen LogP contribution in [0.15, 0.2) is 5.38 Å². The molecule has 3 aliphatic rings. The van der Waals surface area contributed by atoms with Gasteiger partial charge in [0.1, 0.15) is 6.54 Å². The maximum absolute atomic E-state index is 12.4. The molecule has 2 saturated carbocycles. The van der Waals surface area contributed by atoms with E-state index >= 15 is 0 Å². The van der Waals surface area contributed by atoms with Gasteiger partial charge >= 0.3 is 0 Å². The van der Waals surface area contributed by atoms with Gasteiger partial charge in [0, 0.05) is 11.3 Å². The van der Waals surface area contributed by atoms with Gasteiger partial charge in [0.2, 0.25) is 17.7 Å². The molecule has 3 amide bonds. The third-order valence-corrected chi connectivity index (χ3v) is 5.77. The number of rotatable bonds is 4. The molecule has 1 aromatic rings. The molecule has 0 bridgehead atoms. The second-order valence-electron chi connectivity index (χ2n) is 6.66. The number of likely N-dealkylation sites (tertiary alicyclic amines) is 1. The van der Waals surface area contributed by atoms with E-state index in [4.69, 9.17) is 0 Å². The quantitative estimate of drug-likeness (QED) is 0.856. The Bertz CT molecular complexity index is 643. The average Bonchev–Trinajstić information content (AvgIpc) is 3.26. The third-order valence-electron chi connectivity index (χ3n) is 5.00. The van der Waals surface area contributed by atoms with Gasteiger partial charge in [-0.2, -0.15) is 0 Å². The van der Waals surface area contributed by atoms with Crippen LogP contribution in [0.1, 0.15) is 50.1 Å². The Balaban J connectivity index is 1.39. The highest BCUT2D eigenvalue weighted by molar-refractivity contribution is 7.13. The fourth-order valence-corrected chi connectivity index (χ4v) is 4.41.